The highest BCUT2D eigenvalue weighted by molar-refractivity contribution is 8.00. The summed E-state index contributed by atoms with van der Waals surface area (Å²) in [4.78, 5) is 51.9. The summed E-state index contributed by atoms with van der Waals surface area (Å²) >= 11 is 1.71. The van der Waals surface area contributed by atoms with Gasteiger partial charge in [0.15, 0.2) is 6.61 Å². The maximum atomic E-state index is 12.6. The number of anilines is 1. The Balaban J connectivity index is 1.64. The third-order valence-corrected chi connectivity index (χ3v) is 5.33. The molecule has 27 heavy (non-hydrogen) atoms. The van der Waals surface area contributed by atoms with Gasteiger partial charge in [0.2, 0.25) is 0 Å². The van der Waals surface area contributed by atoms with Crippen molar-refractivity contribution in [1.82, 2.24) is 9.55 Å². The number of hydrogen-bond donors (Lipinski definition) is 1. The van der Waals surface area contributed by atoms with Gasteiger partial charge < -0.3 is 9.64 Å². The molecule has 1 aromatic carbocycles. The number of benzene rings is 1. The maximum absolute atomic E-state index is 12.6. The number of carbonyl (C=O) groups is 2. The third kappa shape index (κ3) is 4.68. The second kappa shape index (κ2) is 8.26. The number of esters is 1. The van der Waals surface area contributed by atoms with Crippen molar-refractivity contribution in [3.05, 3.63) is 57.4 Å². The van der Waals surface area contributed by atoms with Gasteiger partial charge >= 0.3 is 11.7 Å². The van der Waals surface area contributed by atoms with Gasteiger partial charge in [0.25, 0.3) is 11.5 Å². The molecular formula is C18H19N3O5S. The Kier molecular flexibility index (Phi) is 5.80. The first kappa shape index (κ1) is 19.0. The predicted molar refractivity (Wildman–Crippen MR) is 101 cm³/mol. The predicted octanol–water partition coefficient (Wildman–Crippen LogP) is 0.997. The van der Waals surface area contributed by atoms with E-state index in [0.29, 0.717) is 11.8 Å². The highest BCUT2D eigenvalue weighted by atomic mass is 32.2. The molecule has 0 saturated heterocycles. The Hall–Kier alpha value is -2.81. The monoisotopic (exact) mass is 389 g/mol. The molecule has 0 radical (unpaired) electrons. The summed E-state index contributed by atoms with van der Waals surface area (Å²) in [7, 11) is 0. The molecule has 1 amide bonds. The number of aromatic amines is 1. The zero-order chi connectivity index (χ0) is 19.4. The fraction of sp³-hybridized carbons (Fsp3) is 0.333. The van der Waals surface area contributed by atoms with E-state index in [1.54, 1.807) is 16.7 Å². The summed E-state index contributed by atoms with van der Waals surface area (Å²) in [6, 6.07) is 8.77. The molecule has 2 heterocycles. The maximum Gasteiger partial charge on any atom is 0.328 e. The van der Waals surface area contributed by atoms with Crippen LogP contribution in [0.25, 0.3) is 0 Å². The number of ether oxygens (including phenoxy) is 1. The largest absolute Gasteiger partial charge is 0.454 e. The van der Waals surface area contributed by atoms with Crippen LogP contribution in [0, 0.1) is 0 Å². The SMILES string of the molecule is C[C@@H]1CCN(C(=O)COC(=O)Cn2ccc(=O)[nH]c2=O)c2ccccc2S1. The number of thioether (sulfide) groups is 1. The highest BCUT2D eigenvalue weighted by Crippen LogP contribution is 2.37. The van der Waals surface area contributed by atoms with E-state index in [-0.39, 0.29) is 12.5 Å². The van der Waals surface area contributed by atoms with Crippen molar-refractivity contribution in [2.45, 2.75) is 30.0 Å². The summed E-state index contributed by atoms with van der Waals surface area (Å²) in [5, 5.41) is 0.374. The second-order valence-electron chi connectivity index (χ2n) is 6.13. The molecule has 1 atom stereocenters. The zero-order valence-corrected chi connectivity index (χ0v) is 15.5. The average Bonchev–Trinajstić information content (AvgIpc) is 2.80. The van der Waals surface area contributed by atoms with E-state index in [9.17, 15) is 19.2 Å². The van der Waals surface area contributed by atoms with Crippen LogP contribution < -0.4 is 16.1 Å². The lowest BCUT2D eigenvalue weighted by molar-refractivity contribution is -0.148. The molecule has 1 aliphatic rings. The molecule has 142 valence electrons. The number of amides is 1. The zero-order valence-electron chi connectivity index (χ0n) is 14.7. The molecule has 0 aliphatic carbocycles. The van der Waals surface area contributed by atoms with Gasteiger partial charge in [0.05, 0.1) is 5.69 Å². The van der Waals surface area contributed by atoms with Crippen LogP contribution in [0.5, 0.6) is 0 Å². The van der Waals surface area contributed by atoms with Crippen LogP contribution in [0.2, 0.25) is 0 Å². The van der Waals surface area contributed by atoms with Crippen LogP contribution in [0.3, 0.4) is 0 Å². The minimum Gasteiger partial charge on any atom is -0.454 e. The molecule has 1 aromatic heterocycles. The van der Waals surface area contributed by atoms with Gasteiger partial charge in [0, 0.05) is 29.0 Å². The summed E-state index contributed by atoms with van der Waals surface area (Å²) in [6.07, 6.45) is 2.03. The van der Waals surface area contributed by atoms with Crippen molar-refractivity contribution in [2.24, 2.45) is 0 Å². The normalized spacial score (nSPS) is 16.3. The van der Waals surface area contributed by atoms with Gasteiger partial charge in [-0.2, -0.15) is 0 Å². The van der Waals surface area contributed by atoms with Crippen molar-refractivity contribution in [3.63, 3.8) is 0 Å². The van der Waals surface area contributed by atoms with E-state index in [1.165, 1.54) is 6.20 Å². The molecule has 0 bridgehead atoms. The number of hydrogen-bond acceptors (Lipinski definition) is 6. The Morgan fingerprint density at radius 3 is 2.81 bits per heavy atom. The van der Waals surface area contributed by atoms with Crippen molar-refractivity contribution in [1.29, 1.82) is 0 Å². The quantitative estimate of drug-likeness (QED) is 0.783. The first-order chi connectivity index (χ1) is 12.9. The van der Waals surface area contributed by atoms with E-state index >= 15 is 0 Å². The Bertz CT molecular complexity index is 968. The summed E-state index contributed by atoms with van der Waals surface area (Å²) in [5.74, 6) is -1.05. The van der Waals surface area contributed by atoms with Crippen LogP contribution in [0.15, 0.2) is 51.0 Å². The van der Waals surface area contributed by atoms with E-state index in [1.807, 2.05) is 29.2 Å². The van der Waals surface area contributed by atoms with Crippen molar-refractivity contribution in [3.8, 4) is 0 Å². The van der Waals surface area contributed by atoms with Crippen molar-refractivity contribution in [2.75, 3.05) is 18.1 Å². The van der Waals surface area contributed by atoms with Crippen LogP contribution in [-0.4, -0.2) is 39.8 Å². The highest BCUT2D eigenvalue weighted by Gasteiger charge is 2.24. The summed E-state index contributed by atoms with van der Waals surface area (Å²) < 4.78 is 6.05. The minimum absolute atomic E-state index is 0.320. The number of nitrogens with one attached hydrogen (secondary N) is 1. The van der Waals surface area contributed by atoms with E-state index in [4.69, 9.17) is 4.74 Å². The van der Waals surface area contributed by atoms with Gasteiger partial charge in [-0.1, -0.05) is 19.1 Å². The second-order valence-corrected chi connectivity index (χ2v) is 7.61. The molecule has 0 saturated carbocycles. The third-order valence-electron chi connectivity index (χ3n) is 4.10. The lowest BCUT2D eigenvalue weighted by atomic mass is 10.2. The number of carbonyl (C=O) groups excluding carboxylic acids is 2. The van der Waals surface area contributed by atoms with Crippen molar-refractivity contribution >= 4 is 29.3 Å². The minimum atomic E-state index is -0.733. The van der Waals surface area contributed by atoms with Gasteiger partial charge in [0.1, 0.15) is 6.54 Å². The molecule has 0 fully saturated rings. The molecular weight excluding hydrogens is 370 g/mol. The fourth-order valence-corrected chi connectivity index (χ4v) is 3.83. The smallest absolute Gasteiger partial charge is 0.328 e. The van der Waals surface area contributed by atoms with Gasteiger partial charge in [-0.3, -0.25) is 23.9 Å². The fourth-order valence-electron chi connectivity index (χ4n) is 2.72. The first-order valence-electron chi connectivity index (χ1n) is 8.45. The summed E-state index contributed by atoms with van der Waals surface area (Å²) in [5.41, 5.74) is -0.449. The number of H-pyrrole nitrogens is 1. The van der Waals surface area contributed by atoms with Gasteiger partial charge in [-0.15, -0.1) is 11.8 Å². The average molecular weight is 389 g/mol. The summed E-state index contributed by atoms with van der Waals surface area (Å²) in [6.45, 7) is 1.86. The molecule has 0 spiro atoms. The first-order valence-corrected chi connectivity index (χ1v) is 9.33. The lowest BCUT2D eigenvalue weighted by Gasteiger charge is -2.22. The molecule has 2 aromatic rings. The Labute approximate surface area is 159 Å². The topological polar surface area (TPSA) is 101 Å². The van der Waals surface area contributed by atoms with E-state index in [2.05, 4.69) is 6.92 Å². The number of rotatable bonds is 4. The van der Waals surface area contributed by atoms with Gasteiger partial charge in [-0.25, -0.2) is 4.79 Å². The molecule has 1 N–H and O–H groups in total. The number of fused-ring (bicyclic) bond motifs is 1. The van der Waals surface area contributed by atoms with Gasteiger partial charge in [-0.05, 0) is 18.6 Å². The molecule has 0 unspecified atom stereocenters. The van der Waals surface area contributed by atoms with E-state index < -0.39 is 23.8 Å². The molecule has 3 rings (SSSR count). The molecule has 9 heteroatoms. The van der Waals surface area contributed by atoms with E-state index in [0.717, 1.165) is 27.6 Å². The number of nitrogens with zero attached hydrogens (tertiary/aromatic N) is 2. The van der Waals surface area contributed by atoms with Crippen molar-refractivity contribution < 1.29 is 14.3 Å². The molecule has 8 nitrogen and oxygen atoms in total. The van der Waals surface area contributed by atoms with Crippen LogP contribution >= 0.6 is 11.8 Å². The van der Waals surface area contributed by atoms with Crippen LogP contribution in [-0.2, 0) is 20.9 Å². The van der Waals surface area contributed by atoms with Crippen LogP contribution in [0.1, 0.15) is 13.3 Å². The standard InChI is InChI=1S/C18H19N3O5S/c1-12-6-9-21(13-4-2-3-5-14(13)27-12)16(23)11-26-17(24)10-20-8-7-15(22)19-18(20)25/h2-5,7-8,12H,6,9-11H2,1H3,(H,19,22,25)/t12-/m1/s1. The van der Waals surface area contributed by atoms with Crippen LogP contribution in [0.4, 0.5) is 5.69 Å². The number of aromatic nitrogens is 2. The molecule has 1 aliphatic heterocycles. The Morgan fingerprint density at radius 1 is 1.26 bits per heavy atom. The lowest BCUT2D eigenvalue weighted by Crippen LogP contribution is -2.37. The Morgan fingerprint density at radius 2 is 2.04 bits per heavy atom. The number of para-hydroxylation sites is 1.